The van der Waals surface area contributed by atoms with Gasteiger partial charge in [-0.2, -0.15) is 0 Å². The van der Waals surface area contributed by atoms with Gasteiger partial charge in [-0.05, 0) is 19.4 Å². The average molecular weight is 243 g/mol. The molecule has 0 amide bonds. The van der Waals surface area contributed by atoms with Crippen LogP contribution in [-0.4, -0.2) is 11.9 Å². The van der Waals surface area contributed by atoms with Crippen LogP contribution in [0.4, 0.5) is 10.1 Å². The Labute approximate surface area is 100 Å². The van der Waals surface area contributed by atoms with Crippen molar-refractivity contribution in [2.24, 2.45) is 0 Å². The first-order chi connectivity index (χ1) is 7.58. The van der Waals surface area contributed by atoms with E-state index in [4.69, 9.17) is 10.5 Å². The number of hydrogen-bond acceptors (Lipinski definition) is 3. The minimum atomic E-state index is -0.396. The first-order valence-electron chi connectivity index (χ1n) is 5.46. The molecule has 4 heteroatoms. The summed E-state index contributed by atoms with van der Waals surface area (Å²) in [5.41, 5.74) is 6.25. The predicted molar refractivity (Wildman–Crippen MR) is 67.6 cm³/mol. The number of hydrogen-bond donors (Lipinski definition) is 1. The zero-order valence-electron chi connectivity index (χ0n) is 9.92. The summed E-state index contributed by atoms with van der Waals surface area (Å²) in [6.45, 7) is 6.51. The summed E-state index contributed by atoms with van der Waals surface area (Å²) >= 11 is 1.65. The van der Waals surface area contributed by atoms with Gasteiger partial charge in [-0.25, -0.2) is 4.39 Å². The van der Waals surface area contributed by atoms with Crippen LogP contribution in [0.2, 0.25) is 0 Å². The minimum Gasteiger partial charge on any atom is -0.491 e. The molecule has 1 aromatic carbocycles. The molecule has 0 saturated carbocycles. The summed E-state index contributed by atoms with van der Waals surface area (Å²) in [4.78, 5) is 0.888. The zero-order chi connectivity index (χ0) is 12.1. The average Bonchev–Trinajstić information content (AvgIpc) is 2.25. The quantitative estimate of drug-likeness (QED) is 0.632. The van der Waals surface area contributed by atoms with Gasteiger partial charge in [0.05, 0.1) is 6.61 Å². The van der Waals surface area contributed by atoms with E-state index in [0.717, 1.165) is 11.3 Å². The highest BCUT2D eigenvalue weighted by Crippen LogP contribution is 2.34. The fourth-order valence-electron chi connectivity index (χ4n) is 1.22. The van der Waals surface area contributed by atoms with Gasteiger partial charge in [0.15, 0.2) is 11.6 Å². The van der Waals surface area contributed by atoms with Crippen LogP contribution in [0.5, 0.6) is 5.75 Å². The molecule has 90 valence electrons. The molecule has 0 spiro atoms. The maximum atomic E-state index is 13.4. The lowest BCUT2D eigenvalue weighted by molar-refractivity contribution is 0.321. The molecule has 1 aromatic rings. The van der Waals surface area contributed by atoms with E-state index in [-0.39, 0.29) is 5.75 Å². The van der Waals surface area contributed by atoms with Crippen molar-refractivity contribution < 1.29 is 9.13 Å². The molecule has 2 N–H and O–H groups in total. The van der Waals surface area contributed by atoms with Crippen LogP contribution in [0, 0.1) is 5.82 Å². The van der Waals surface area contributed by atoms with Gasteiger partial charge in [-0.3, -0.25) is 0 Å². The summed E-state index contributed by atoms with van der Waals surface area (Å²) in [6, 6.07) is 3.01. The second kappa shape index (κ2) is 5.99. The number of rotatable bonds is 5. The van der Waals surface area contributed by atoms with E-state index >= 15 is 0 Å². The van der Waals surface area contributed by atoms with Gasteiger partial charge in [-0.15, -0.1) is 11.8 Å². The van der Waals surface area contributed by atoms with Crippen molar-refractivity contribution >= 4 is 17.4 Å². The molecule has 0 aromatic heterocycles. The molecule has 1 rings (SSSR count). The Morgan fingerprint density at radius 3 is 2.69 bits per heavy atom. The predicted octanol–water partition coefficient (Wildman–Crippen LogP) is 3.70. The van der Waals surface area contributed by atoms with Gasteiger partial charge in [0.1, 0.15) is 0 Å². The van der Waals surface area contributed by atoms with Crippen LogP contribution in [0.1, 0.15) is 27.2 Å². The maximum absolute atomic E-state index is 13.4. The third kappa shape index (κ3) is 3.30. The highest BCUT2D eigenvalue weighted by Gasteiger charge is 2.11. The Hall–Kier alpha value is -0.900. The molecular weight excluding hydrogens is 225 g/mol. The van der Waals surface area contributed by atoms with Crippen LogP contribution in [-0.2, 0) is 0 Å². The van der Waals surface area contributed by atoms with E-state index in [1.807, 2.05) is 6.92 Å². The van der Waals surface area contributed by atoms with E-state index in [0.29, 0.717) is 17.5 Å². The molecule has 0 heterocycles. The molecule has 1 unspecified atom stereocenters. The molecule has 0 aliphatic carbocycles. The maximum Gasteiger partial charge on any atom is 0.167 e. The van der Waals surface area contributed by atoms with E-state index in [9.17, 15) is 4.39 Å². The van der Waals surface area contributed by atoms with Crippen LogP contribution in [0.3, 0.4) is 0 Å². The Morgan fingerprint density at radius 1 is 1.44 bits per heavy atom. The summed E-state index contributed by atoms with van der Waals surface area (Å²) in [6.07, 6.45) is 1.05. The fourth-order valence-corrected chi connectivity index (χ4v) is 2.19. The number of halogens is 1. The van der Waals surface area contributed by atoms with Crippen molar-refractivity contribution in [2.45, 2.75) is 37.3 Å². The molecule has 0 bridgehead atoms. The molecular formula is C12H18FNOS. The molecule has 2 nitrogen and oxygen atoms in total. The Bertz CT molecular complexity index is 357. The van der Waals surface area contributed by atoms with E-state index < -0.39 is 5.82 Å². The molecule has 0 aliphatic rings. The van der Waals surface area contributed by atoms with Gasteiger partial charge in [0, 0.05) is 21.9 Å². The van der Waals surface area contributed by atoms with Crippen LogP contribution in [0.15, 0.2) is 17.0 Å². The number of nitrogens with two attached hydrogens (primary N) is 1. The lowest BCUT2D eigenvalue weighted by Gasteiger charge is -2.13. The monoisotopic (exact) mass is 243 g/mol. The normalized spacial score (nSPS) is 12.5. The Morgan fingerprint density at radius 2 is 2.12 bits per heavy atom. The number of thioether (sulfide) groups is 1. The summed E-state index contributed by atoms with van der Waals surface area (Å²) in [7, 11) is 0. The van der Waals surface area contributed by atoms with Crippen molar-refractivity contribution in [3.63, 3.8) is 0 Å². The highest BCUT2D eigenvalue weighted by molar-refractivity contribution is 8.00. The van der Waals surface area contributed by atoms with Crippen molar-refractivity contribution in [3.05, 3.63) is 17.9 Å². The summed E-state index contributed by atoms with van der Waals surface area (Å²) < 4.78 is 18.6. The van der Waals surface area contributed by atoms with Gasteiger partial charge in [0.25, 0.3) is 0 Å². The summed E-state index contributed by atoms with van der Waals surface area (Å²) in [5.74, 6) is -0.115. The number of benzene rings is 1. The standard InChI is InChI=1S/C12H18FNOS/c1-4-8(3)16-12-7-11(15-5-2)9(13)6-10(12)14/h6-8H,4-5,14H2,1-3H3. The van der Waals surface area contributed by atoms with E-state index in [1.54, 1.807) is 17.8 Å². The molecule has 0 radical (unpaired) electrons. The van der Waals surface area contributed by atoms with Crippen molar-refractivity contribution in [1.29, 1.82) is 0 Å². The highest BCUT2D eigenvalue weighted by atomic mass is 32.2. The smallest absolute Gasteiger partial charge is 0.167 e. The van der Waals surface area contributed by atoms with E-state index in [2.05, 4.69) is 13.8 Å². The molecule has 16 heavy (non-hydrogen) atoms. The number of ether oxygens (including phenoxy) is 1. The van der Waals surface area contributed by atoms with E-state index in [1.165, 1.54) is 6.07 Å². The van der Waals surface area contributed by atoms with Crippen LogP contribution < -0.4 is 10.5 Å². The van der Waals surface area contributed by atoms with Crippen LogP contribution >= 0.6 is 11.8 Å². The SMILES string of the molecule is CCOc1cc(SC(C)CC)c(N)cc1F. The Balaban J connectivity index is 2.95. The third-order valence-corrected chi connectivity index (χ3v) is 3.61. The van der Waals surface area contributed by atoms with Crippen molar-refractivity contribution in [1.82, 2.24) is 0 Å². The number of nitrogen functional groups attached to an aromatic ring is 1. The Kier molecular flexibility index (Phi) is 4.93. The second-order valence-corrected chi connectivity index (χ2v) is 5.07. The topological polar surface area (TPSA) is 35.2 Å². The lowest BCUT2D eigenvalue weighted by atomic mass is 10.3. The van der Waals surface area contributed by atoms with Gasteiger partial charge < -0.3 is 10.5 Å². The lowest BCUT2D eigenvalue weighted by Crippen LogP contribution is -2.00. The second-order valence-electron chi connectivity index (χ2n) is 3.59. The number of anilines is 1. The van der Waals surface area contributed by atoms with Gasteiger partial charge in [0.2, 0.25) is 0 Å². The summed E-state index contributed by atoms with van der Waals surface area (Å²) in [5, 5.41) is 0.460. The molecule has 0 aliphatic heterocycles. The molecule has 0 fully saturated rings. The zero-order valence-corrected chi connectivity index (χ0v) is 10.7. The third-order valence-electron chi connectivity index (χ3n) is 2.27. The van der Waals surface area contributed by atoms with Crippen molar-refractivity contribution in [2.75, 3.05) is 12.3 Å². The van der Waals surface area contributed by atoms with Crippen LogP contribution in [0.25, 0.3) is 0 Å². The molecule has 0 saturated heterocycles. The fraction of sp³-hybridized carbons (Fsp3) is 0.500. The molecule has 1 atom stereocenters. The van der Waals surface area contributed by atoms with Gasteiger partial charge in [-0.1, -0.05) is 13.8 Å². The van der Waals surface area contributed by atoms with Crippen molar-refractivity contribution in [3.8, 4) is 5.75 Å². The first kappa shape index (κ1) is 13.2. The minimum absolute atomic E-state index is 0.280. The largest absolute Gasteiger partial charge is 0.491 e. The van der Waals surface area contributed by atoms with Gasteiger partial charge >= 0.3 is 0 Å². The first-order valence-corrected chi connectivity index (χ1v) is 6.34.